The fourth-order valence-corrected chi connectivity index (χ4v) is 2.88. The van der Waals surface area contributed by atoms with E-state index in [-0.39, 0.29) is 5.75 Å². The van der Waals surface area contributed by atoms with Gasteiger partial charge in [0.25, 0.3) is 0 Å². The average Bonchev–Trinajstić information content (AvgIpc) is 2.59. The van der Waals surface area contributed by atoms with Crippen LogP contribution in [0.15, 0.2) is 29.3 Å². The average molecular weight is 355 g/mol. The Balaban J connectivity index is 1.98. The van der Waals surface area contributed by atoms with E-state index in [1.54, 1.807) is 12.1 Å². The van der Waals surface area contributed by atoms with Crippen molar-refractivity contribution >= 4 is 5.96 Å². The van der Waals surface area contributed by atoms with E-state index < -0.39 is 6.61 Å². The minimum Gasteiger partial charge on any atom is -0.435 e. The molecular weight excluding hydrogens is 328 g/mol. The first-order chi connectivity index (χ1) is 12.1. The maximum Gasteiger partial charge on any atom is 0.387 e. The number of ether oxygens (including phenoxy) is 2. The molecule has 0 radical (unpaired) electrons. The van der Waals surface area contributed by atoms with Crippen LogP contribution in [-0.4, -0.2) is 49.8 Å². The van der Waals surface area contributed by atoms with Crippen LogP contribution < -0.4 is 10.1 Å². The Labute approximate surface area is 148 Å². The van der Waals surface area contributed by atoms with Crippen LogP contribution in [0.5, 0.6) is 5.75 Å². The molecule has 0 spiro atoms. The fraction of sp³-hybridized carbons (Fsp3) is 0.611. The quantitative estimate of drug-likeness (QED) is 0.602. The molecule has 0 bridgehead atoms. The summed E-state index contributed by atoms with van der Waals surface area (Å²) in [6, 6.07) is 6.67. The lowest BCUT2D eigenvalue weighted by molar-refractivity contribution is -0.0498. The maximum atomic E-state index is 12.3. The normalized spacial score (nSPS) is 16.4. The largest absolute Gasteiger partial charge is 0.435 e. The maximum absolute atomic E-state index is 12.3. The third-order valence-electron chi connectivity index (χ3n) is 4.01. The molecule has 25 heavy (non-hydrogen) atoms. The van der Waals surface area contributed by atoms with Crippen LogP contribution in [0.4, 0.5) is 8.78 Å². The number of nitrogens with one attached hydrogen (secondary N) is 1. The Morgan fingerprint density at radius 3 is 2.72 bits per heavy atom. The van der Waals surface area contributed by atoms with Crippen LogP contribution in [0.3, 0.4) is 0 Å². The molecule has 1 aromatic rings. The number of halogens is 2. The summed E-state index contributed by atoms with van der Waals surface area (Å²) in [6.45, 7) is 4.95. The fourth-order valence-electron chi connectivity index (χ4n) is 2.88. The highest BCUT2D eigenvalue weighted by atomic mass is 19.3. The third-order valence-corrected chi connectivity index (χ3v) is 4.01. The summed E-state index contributed by atoms with van der Waals surface area (Å²) in [7, 11) is 0. The van der Waals surface area contributed by atoms with Gasteiger partial charge in [0.05, 0.1) is 12.6 Å². The van der Waals surface area contributed by atoms with Gasteiger partial charge in [0.1, 0.15) is 5.75 Å². The van der Waals surface area contributed by atoms with Crippen molar-refractivity contribution in [3.8, 4) is 5.75 Å². The van der Waals surface area contributed by atoms with Gasteiger partial charge in [-0.1, -0.05) is 12.1 Å². The Hall–Kier alpha value is -1.89. The summed E-state index contributed by atoms with van der Waals surface area (Å²) in [5.41, 5.74) is 0.831. The molecule has 1 aromatic carbocycles. The zero-order chi connectivity index (χ0) is 18.1. The summed E-state index contributed by atoms with van der Waals surface area (Å²) in [5, 5.41) is 3.30. The van der Waals surface area contributed by atoms with Gasteiger partial charge >= 0.3 is 6.61 Å². The molecule has 0 unspecified atom stereocenters. The zero-order valence-corrected chi connectivity index (χ0v) is 14.9. The molecule has 7 heteroatoms. The number of hydrogen-bond donors (Lipinski definition) is 1. The van der Waals surface area contributed by atoms with Crippen LogP contribution in [0.1, 0.15) is 32.3 Å². The molecule has 1 fully saturated rings. The van der Waals surface area contributed by atoms with Gasteiger partial charge in [-0.25, -0.2) is 4.99 Å². The van der Waals surface area contributed by atoms with Crippen molar-refractivity contribution < 1.29 is 18.3 Å². The molecule has 5 nitrogen and oxygen atoms in total. The molecule has 140 valence electrons. The van der Waals surface area contributed by atoms with Crippen molar-refractivity contribution in [2.24, 2.45) is 4.99 Å². The molecule has 1 N–H and O–H groups in total. The molecule has 1 aliphatic heterocycles. The lowest BCUT2D eigenvalue weighted by Crippen LogP contribution is -2.47. The van der Waals surface area contributed by atoms with Crippen molar-refractivity contribution in [1.29, 1.82) is 0 Å². The Kier molecular flexibility index (Phi) is 7.91. The molecular formula is C18H27F2N3O2. The second-order valence-corrected chi connectivity index (χ2v) is 5.84. The van der Waals surface area contributed by atoms with Gasteiger partial charge in [0.2, 0.25) is 0 Å². The number of rotatable bonds is 7. The minimum absolute atomic E-state index is 0.158. The van der Waals surface area contributed by atoms with Crippen LogP contribution in [0, 0.1) is 0 Å². The van der Waals surface area contributed by atoms with Crippen LogP contribution in [0.2, 0.25) is 0 Å². The topological polar surface area (TPSA) is 46.1 Å². The van der Waals surface area contributed by atoms with E-state index in [9.17, 15) is 8.78 Å². The number of alkyl halides is 2. The van der Waals surface area contributed by atoms with Crippen molar-refractivity contribution in [3.63, 3.8) is 0 Å². The van der Waals surface area contributed by atoms with Gasteiger partial charge in [-0.15, -0.1) is 0 Å². The Morgan fingerprint density at radius 1 is 1.32 bits per heavy atom. The molecule has 2 rings (SSSR count). The molecule has 1 heterocycles. The van der Waals surface area contributed by atoms with Crippen LogP contribution in [0.25, 0.3) is 0 Å². The van der Waals surface area contributed by atoms with E-state index in [0.29, 0.717) is 12.6 Å². The lowest BCUT2D eigenvalue weighted by Gasteiger charge is -2.34. The summed E-state index contributed by atoms with van der Waals surface area (Å²) < 4.78 is 34.8. The van der Waals surface area contributed by atoms with E-state index in [0.717, 1.165) is 50.6 Å². The van der Waals surface area contributed by atoms with E-state index in [1.165, 1.54) is 6.07 Å². The summed E-state index contributed by atoms with van der Waals surface area (Å²) >= 11 is 0. The molecule has 0 aromatic heterocycles. The molecule has 1 aliphatic rings. The molecule has 0 atom stereocenters. The summed E-state index contributed by atoms with van der Waals surface area (Å²) in [5.74, 6) is 1.00. The highest BCUT2D eigenvalue weighted by Crippen LogP contribution is 2.17. The second-order valence-electron chi connectivity index (χ2n) is 5.84. The number of hydrogen-bond acceptors (Lipinski definition) is 3. The molecule has 1 saturated heterocycles. The number of benzene rings is 1. The van der Waals surface area contributed by atoms with Crippen LogP contribution >= 0.6 is 0 Å². The van der Waals surface area contributed by atoms with Gasteiger partial charge in [0, 0.05) is 26.2 Å². The smallest absolute Gasteiger partial charge is 0.387 e. The first-order valence-electron chi connectivity index (χ1n) is 8.81. The lowest BCUT2D eigenvalue weighted by atomic mass is 10.1. The molecule has 0 saturated carbocycles. The van der Waals surface area contributed by atoms with Gasteiger partial charge in [-0.2, -0.15) is 8.78 Å². The SMILES string of the molecule is CCNC(=NCc1cccc(OC(F)F)c1)N1CCC(OCC)CC1. The number of guanidine groups is 1. The van der Waals surface area contributed by atoms with Crippen molar-refractivity contribution in [1.82, 2.24) is 10.2 Å². The monoisotopic (exact) mass is 355 g/mol. The van der Waals surface area contributed by atoms with E-state index >= 15 is 0 Å². The van der Waals surface area contributed by atoms with Gasteiger partial charge in [0.15, 0.2) is 5.96 Å². The highest BCUT2D eigenvalue weighted by molar-refractivity contribution is 5.80. The van der Waals surface area contributed by atoms with E-state index in [4.69, 9.17) is 4.74 Å². The number of nitrogens with zero attached hydrogens (tertiary/aromatic N) is 2. The number of likely N-dealkylation sites (tertiary alicyclic amines) is 1. The highest BCUT2D eigenvalue weighted by Gasteiger charge is 2.21. The number of aliphatic imine (C=N–C) groups is 1. The first-order valence-corrected chi connectivity index (χ1v) is 8.81. The van der Waals surface area contributed by atoms with Gasteiger partial charge in [-0.3, -0.25) is 0 Å². The molecule has 0 aliphatic carbocycles. The number of piperidine rings is 1. The van der Waals surface area contributed by atoms with Crippen molar-refractivity contribution in [2.45, 2.75) is 45.9 Å². The first kappa shape index (κ1) is 19.4. The standard InChI is InChI=1S/C18H27F2N3O2/c1-3-21-18(23-10-8-15(9-11-23)24-4-2)22-13-14-6-5-7-16(12-14)25-17(19)20/h5-7,12,15,17H,3-4,8-11,13H2,1-2H3,(H,21,22). The third kappa shape index (κ3) is 6.49. The minimum atomic E-state index is -2.82. The van der Waals surface area contributed by atoms with Gasteiger partial charge in [-0.05, 0) is 44.4 Å². The van der Waals surface area contributed by atoms with E-state index in [2.05, 4.69) is 19.9 Å². The van der Waals surface area contributed by atoms with Crippen molar-refractivity contribution in [3.05, 3.63) is 29.8 Å². The Morgan fingerprint density at radius 2 is 2.08 bits per heavy atom. The predicted molar refractivity (Wildman–Crippen MR) is 94.1 cm³/mol. The van der Waals surface area contributed by atoms with Crippen molar-refractivity contribution in [2.75, 3.05) is 26.2 Å². The molecule has 0 amide bonds. The predicted octanol–water partition coefficient (Wildman–Crippen LogP) is 3.25. The summed E-state index contributed by atoms with van der Waals surface area (Å²) in [4.78, 5) is 6.87. The van der Waals surface area contributed by atoms with E-state index in [1.807, 2.05) is 19.9 Å². The zero-order valence-electron chi connectivity index (χ0n) is 14.9. The summed E-state index contributed by atoms with van der Waals surface area (Å²) in [6.07, 6.45) is 2.29. The van der Waals surface area contributed by atoms with Gasteiger partial charge < -0.3 is 19.7 Å². The second kappa shape index (κ2) is 10.2. The Bertz CT molecular complexity index is 547. The van der Waals surface area contributed by atoms with Crippen LogP contribution in [-0.2, 0) is 11.3 Å².